The van der Waals surface area contributed by atoms with Gasteiger partial charge in [0.05, 0.1) is 21.9 Å². The molecule has 2 aromatic rings. The summed E-state index contributed by atoms with van der Waals surface area (Å²) < 4.78 is 6.25. The number of anilines is 1. The third kappa shape index (κ3) is 2.40. The molecule has 0 aliphatic rings. The zero-order valence-electron chi connectivity index (χ0n) is 10.3. The number of hydrogen-bond acceptors (Lipinski definition) is 4. The lowest BCUT2D eigenvalue weighted by molar-refractivity contribution is 0.416. The van der Waals surface area contributed by atoms with Crippen molar-refractivity contribution in [1.29, 1.82) is 0 Å². The summed E-state index contributed by atoms with van der Waals surface area (Å²) >= 11 is 2.18. The second-order valence-corrected chi connectivity index (χ2v) is 4.83. The van der Waals surface area contributed by atoms with Gasteiger partial charge in [-0.2, -0.15) is 0 Å². The molecule has 4 nitrogen and oxygen atoms in total. The van der Waals surface area contributed by atoms with E-state index in [0.29, 0.717) is 11.6 Å². The van der Waals surface area contributed by atoms with E-state index in [9.17, 15) is 0 Å². The van der Waals surface area contributed by atoms with Crippen LogP contribution in [-0.4, -0.2) is 17.1 Å². The Balaban J connectivity index is 2.61. The maximum Gasteiger partial charge on any atom is 0.165 e. The molecule has 5 heteroatoms. The number of hydrogen-bond donors (Lipinski definition) is 1. The van der Waals surface area contributed by atoms with Gasteiger partial charge in [0.15, 0.2) is 5.82 Å². The predicted molar refractivity (Wildman–Crippen MR) is 80.5 cm³/mol. The molecule has 2 N–H and O–H groups in total. The Morgan fingerprint density at radius 2 is 2.00 bits per heavy atom. The summed E-state index contributed by atoms with van der Waals surface area (Å²) in [7, 11) is 1.63. The fourth-order valence-corrected chi connectivity index (χ4v) is 2.32. The normalized spacial score (nSPS) is 10.4. The number of para-hydroxylation sites is 1. The van der Waals surface area contributed by atoms with Gasteiger partial charge in [-0.05, 0) is 41.1 Å². The molecule has 0 atom stereocenters. The standard InChI is InChI=1S/C13H14IN3O/c1-3-9-11(14)12(15)17-13(16-9)8-6-4-5-7-10(8)18-2/h4-7H,3H2,1-2H3,(H2,15,16,17). The number of aromatic nitrogens is 2. The number of benzene rings is 1. The lowest BCUT2D eigenvalue weighted by Crippen LogP contribution is -2.04. The fourth-order valence-electron chi connectivity index (χ4n) is 1.70. The van der Waals surface area contributed by atoms with Crippen LogP contribution in [0.25, 0.3) is 11.4 Å². The number of nitrogens with zero attached hydrogens (tertiary/aromatic N) is 2. The highest BCUT2D eigenvalue weighted by atomic mass is 127. The number of nitrogens with two attached hydrogens (primary N) is 1. The van der Waals surface area contributed by atoms with Crippen LogP contribution in [0.3, 0.4) is 0 Å². The van der Waals surface area contributed by atoms with Gasteiger partial charge in [0.2, 0.25) is 0 Å². The molecule has 0 aliphatic heterocycles. The van der Waals surface area contributed by atoms with Crippen molar-refractivity contribution in [1.82, 2.24) is 9.97 Å². The van der Waals surface area contributed by atoms with Gasteiger partial charge in [-0.25, -0.2) is 9.97 Å². The van der Waals surface area contributed by atoms with Crippen molar-refractivity contribution in [2.24, 2.45) is 0 Å². The molecule has 1 aromatic carbocycles. The lowest BCUT2D eigenvalue weighted by atomic mass is 10.2. The van der Waals surface area contributed by atoms with Crippen LogP contribution in [-0.2, 0) is 6.42 Å². The van der Waals surface area contributed by atoms with Crippen LogP contribution in [0, 0.1) is 3.57 Å². The summed E-state index contributed by atoms with van der Waals surface area (Å²) in [5, 5.41) is 0. The molecule has 94 valence electrons. The van der Waals surface area contributed by atoms with E-state index in [-0.39, 0.29) is 0 Å². The third-order valence-electron chi connectivity index (χ3n) is 2.63. The summed E-state index contributed by atoms with van der Waals surface area (Å²) in [6.07, 6.45) is 0.827. The molecule has 1 heterocycles. The molecule has 18 heavy (non-hydrogen) atoms. The van der Waals surface area contributed by atoms with Crippen molar-refractivity contribution in [2.45, 2.75) is 13.3 Å². The minimum atomic E-state index is 0.517. The average molecular weight is 355 g/mol. The fraction of sp³-hybridized carbons (Fsp3) is 0.231. The highest BCUT2D eigenvalue weighted by Gasteiger charge is 2.13. The van der Waals surface area contributed by atoms with E-state index < -0.39 is 0 Å². The molecule has 0 spiro atoms. The van der Waals surface area contributed by atoms with Crippen molar-refractivity contribution in [2.75, 3.05) is 12.8 Å². The number of aryl methyl sites for hydroxylation is 1. The van der Waals surface area contributed by atoms with E-state index in [1.54, 1.807) is 7.11 Å². The predicted octanol–water partition coefficient (Wildman–Crippen LogP) is 2.90. The van der Waals surface area contributed by atoms with Crippen LogP contribution in [0.1, 0.15) is 12.6 Å². The van der Waals surface area contributed by atoms with Crippen molar-refractivity contribution < 1.29 is 4.74 Å². The molecular formula is C13H14IN3O. The van der Waals surface area contributed by atoms with Crippen molar-refractivity contribution >= 4 is 28.4 Å². The molecule has 0 fully saturated rings. The largest absolute Gasteiger partial charge is 0.496 e. The van der Waals surface area contributed by atoms with Crippen LogP contribution >= 0.6 is 22.6 Å². The van der Waals surface area contributed by atoms with E-state index in [4.69, 9.17) is 10.5 Å². The Bertz CT molecular complexity index is 572. The smallest absolute Gasteiger partial charge is 0.165 e. The second kappa shape index (κ2) is 5.51. The van der Waals surface area contributed by atoms with Gasteiger partial charge in [0.1, 0.15) is 11.6 Å². The van der Waals surface area contributed by atoms with Gasteiger partial charge in [0, 0.05) is 0 Å². The third-order valence-corrected chi connectivity index (χ3v) is 3.80. The Morgan fingerprint density at radius 3 is 2.67 bits per heavy atom. The van der Waals surface area contributed by atoms with Crippen LogP contribution in [0.15, 0.2) is 24.3 Å². The van der Waals surface area contributed by atoms with Crippen LogP contribution in [0.2, 0.25) is 0 Å². The monoisotopic (exact) mass is 355 g/mol. The topological polar surface area (TPSA) is 61.0 Å². The second-order valence-electron chi connectivity index (χ2n) is 3.75. The van der Waals surface area contributed by atoms with Gasteiger partial charge in [-0.15, -0.1) is 0 Å². The highest BCUT2D eigenvalue weighted by Crippen LogP contribution is 2.29. The summed E-state index contributed by atoms with van der Waals surface area (Å²) in [4.78, 5) is 8.89. The minimum absolute atomic E-state index is 0.517. The number of halogens is 1. The van der Waals surface area contributed by atoms with Gasteiger partial charge in [-0.3, -0.25) is 0 Å². The first kappa shape index (κ1) is 13.1. The maximum absolute atomic E-state index is 5.93. The zero-order chi connectivity index (χ0) is 13.1. The minimum Gasteiger partial charge on any atom is -0.496 e. The van der Waals surface area contributed by atoms with Crippen molar-refractivity contribution in [3.63, 3.8) is 0 Å². The van der Waals surface area contributed by atoms with Crippen molar-refractivity contribution in [3.8, 4) is 17.1 Å². The molecule has 0 saturated carbocycles. The first-order valence-electron chi connectivity index (χ1n) is 5.62. The molecular weight excluding hydrogens is 341 g/mol. The zero-order valence-corrected chi connectivity index (χ0v) is 12.4. The number of ether oxygens (including phenoxy) is 1. The lowest BCUT2D eigenvalue weighted by Gasteiger charge is -2.10. The quantitative estimate of drug-likeness (QED) is 0.861. The number of rotatable bonds is 3. The molecule has 2 rings (SSSR count). The SMILES string of the molecule is CCc1nc(-c2ccccc2OC)nc(N)c1I. The van der Waals surface area contributed by atoms with Crippen LogP contribution < -0.4 is 10.5 Å². The van der Waals surface area contributed by atoms with Gasteiger partial charge in [-0.1, -0.05) is 19.1 Å². The summed E-state index contributed by atoms with van der Waals surface area (Å²) in [5.74, 6) is 1.88. The van der Waals surface area contributed by atoms with Crippen molar-refractivity contribution in [3.05, 3.63) is 33.5 Å². The first-order valence-corrected chi connectivity index (χ1v) is 6.70. The van der Waals surface area contributed by atoms with E-state index in [2.05, 4.69) is 39.5 Å². The molecule has 0 aliphatic carbocycles. The van der Waals surface area contributed by atoms with Gasteiger partial charge >= 0.3 is 0 Å². The Hall–Kier alpha value is -1.37. The number of nitrogen functional groups attached to an aromatic ring is 1. The highest BCUT2D eigenvalue weighted by molar-refractivity contribution is 14.1. The Labute approximate surface area is 120 Å². The van der Waals surface area contributed by atoms with Crippen LogP contribution in [0.4, 0.5) is 5.82 Å². The van der Waals surface area contributed by atoms with Gasteiger partial charge in [0.25, 0.3) is 0 Å². The van der Waals surface area contributed by atoms with E-state index in [1.807, 2.05) is 24.3 Å². The number of methoxy groups -OCH3 is 1. The Kier molecular flexibility index (Phi) is 4.00. The van der Waals surface area contributed by atoms with E-state index in [1.165, 1.54) is 0 Å². The van der Waals surface area contributed by atoms with Gasteiger partial charge < -0.3 is 10.5 Å². The van der Waals surface area contributed by atoms with Crippen LogP contribution in [0.5, 0.6) is 5.75 Å². The summed E-state index contributed by atoms with van der Waals surface area (Å²) in [6, 6.07) is 7.67. The molecule has 1 aromatic heterocycles. The first-order chi connectivity index (χ1) is 8.67. The molecule has 0 radical (unpaired) electrons. The molecule has 0 bridgehead atoms. The maximum atomic E-state index is 5.93. The van der Waals surface area contributed by atoms with E-state index in [0.717, 1.165) is 27.0 Å². The molecule has 0 saturated heterocycles. The molecule has 0 amide bonds. The summed E-state index contributed by atoms with van der Waals surface area (Å²) in [5.41, 5.74) is 7.75. The Morgan fingerprint density at radius 1 is 1.28 bits per heavy atom. The molecule has 0 unspecified atom stereocenters. The average Bonchev–Trinajstić information content (AvgIpc) is 2.41. The van der Waals surface area contributed by atoms with E-state index >= 15 is 0 Å². The summed E-state index contributed by atoms with van der Waals surface area (Å²) in [6.45, 7) is 2.05.